The molecular formula is C31H29F4N9O7S2. The van der Waals surface area contributed by atoms with Crippen molar-refractivity contribution in [1.29, 1.82) is 0 Å². The number of fused-ring (bicyclic) bond motifs is 2. The molecule has 6 rings (SSSR count). The number of anilines is 2. The van der Waals surface area contributed by atoms with Crippen molar-refractivity contribution in [3.8, 4) is 29.9 Å². The standard InChI is InChI=1S/C18H17FN4O2S.C13H12F3N5O5S/c1-4-5-22-13-7-12(11(19)6-14(13)25-9-16(22)24)20-17-23-10-18(2,3)8-15(23)21-26-17;1-25-8-6-9(26-2)19-11(18-8)20-12(22)21-27(23,24)10-7(13(14,15)16)4-3-5-17-10/h1,6-7H,5,8-10H2,2-3H3;3-6H,1-2H3,(H2,18,19,20,21,22). The highest BCUT2D eigenvalue weighted by molar-refractivity contribution is 7.90. The molecule has 2 aliphatic heterocycles. The number of pyridine rings is 1. The van der Waals surface area contributed by atoms with Crippen molar-refractivity contribution < 1.29 is 49.8 Å². The van der Waals surface area contributed by atoms with Crippen molar-refractivity contribution in [2.24, 2.45) is 10.4 Å². The van der Waals surface area contributed by atoms with E-state index in [4.69, 9.17) is 20.6 Å². The third kappa shape index (κ3) is 8.80. The third-order valence-corrected chi connectivity index (χ3v) is 9.38. The van der Waals surface area contributed by atoms with Crippen LogP contribution < -0.4 is 34.0 Å². The van der Waals surface area contributed by atoms with Crippen LogP contribution in [0.3, 0.4) is 0 Å². The van der Waals surface area contributed by atoms with Gasteiger partial charge in [0.15, 0.2) is 17.5 Å². The van der Waals surface area contributed by atoms with E-state index in [1.165, 1.54) is 53.6 Å². The number of sulfonamides is 1. The van der Waals surface area contributed by atoms with Crippen LogP contribution in [0.1, 0.15) is 25.2 Å². The van der Waals surface area contributed by atoms with Gasteiger partial charge in [-0.1, -0.05) is 19.8 Å². The number of nitrogens with one attached hydrogen (secondary N) is 2. The van der Waals surface area contributed by atoms with E-state index in [9.17, 15) is 35.6 Å². The van der Waals surface area contributed by atoms with Crippen molar-refractivity contribution in [3.05, 3.63) is 58.5 Å². The first-order chi connectivity index (χ1) is 24.9. The first-order valence-corrected chi connectivity index (χ1v) is 17.3. The minimum atomic E-state index is -4.99. The van der Waals surface area contributed by atoms with E-state index in [2.05, 4.69) is 44.1 Å². The molecule has 0 saturated heterocycles. The monoisotopic (exact) mass is 779 g/mol. The zero-order valence-corrected chi connectivity index (χ0v) is 29.8. The summed E-state index contributed by atoms with van der Waals surface area (Å²) in [7, 11) is -2.39. The van der Waals surface area contributed by atoms with Gasteiger partial charge in [0.25, 0.3) is 15.9 Å². The van der Waals surface area contributed by atoms with Gasteiger partial charge in [0.2, 0.25) is 22.5 Å². The number of hydrogen-bond acceptors (Lipinski definition) is 13. The summed E-state index contributed by atoms with van der Waals surface area (Å²) in [5, 5.41) is 0.605. The van der Waals surface area contributed by atoms with Crippen LogP contribution in [-0.2, 0) is 34.0 Å². The first kappa shape index (κ1) is 38.4. The number of urea groups is 1. The molecule has 280 valence electrons. The Labute approximate surface area is 303 Å². The molecule has 3 amide bonds. The van der Waals surface area contributed by atoms with Gasteiger partial charge in [-0.25, -0.2) is 23.9 Å². The fraction of sp³-hybridized carbons (Fsp3) is 0.323. The van der Waals surface area contributed by atoms with Gasteiger partial charge in [0.1, 0.15) is 17.3 Å². The van der Waals surface area contributed by atoms with Crippen molar-refractivity contribution in [2.45, 2.75) is 38.0 Å². The van der Waals surface area contributed by atoms with Gasteiger partial charge in [-0.2, -0.15) is 35.9 Å². The molecule has 0 unspecified atom stereocenters. The van der Waals surface area contributed by atoms with Crippen LogP contribution in [-0.4, -0.2) is 71.6 Å². The number of carbonyl (C=O) groups is 2. The van der Waals surface area contributed by atoms with Crippen LogP contribution in [0.2, 0.25) is 0 Å². The minimum absolute atomic E-state index is 0.0101. The maximum Gasteiger partial charge on any atom is 0.419 e. The molecule has 53 heavy (non-hydrogen) atoms. The number of methoxy groups -OCH3 is 2. The Morgan fingerprint density at radius 1 is 1.19 bits per heavy atom. The summed E-state index contributed by atoms with van der Waals surface area (Å²) < 4.78 is 101. The molecule has 22 heteroatoms. The summed E-state index contributed by atoms with van der Waals surface area (Å²) in [4.78, 5) is 41.1. The lowest BCUT2D eigenvalue weighted by Gasteiger charge is -2.28. The van der Waals surface area contributed by atoms with Crippen LogP contribution in [0.4, 0.5) is 39.7 Å². The van der Waals surface area contributed by atoms with E-state index in [0.29, 0.717) is 22.3 Å². The van der Waals surface area contributed by atoms with E-state index in [-0.39, 0.29) is 41.9 Å². The maximum absolute atomic E-state index is 14.5. The van der Waals surface area contributed by atoms with Crippen LogP contribution in [0, 0.1) is 23.6 Å². The summed E-state index contributed by atoms with van der Waals surface area (Å²) in [5.74, 6) is 2.50. The lowest BCUT2D eigenvalue weighted by Crippen LogP contribution is -2.39. The Morgan fingerprint density at radius 2 is 1.89 bits per heavy atom. The average molecular weight is 780 g/mol. The van der Waals surface area contributed by atoms with Crippen LogP contribution in [0.15, 0.2) is 46.5 Å². The normalized spacial score (nSPS) is 14.9. The highest BCUT2D eigenvalue weighted by atomic mass is 32.2. The van der Waals surface area contributed by atoms with E-state index >= 15 is 0 Å². The fourth-order valence-corrected chi connectivity index (χ4v) is 6.86. The molecule has 4 aromatic rings. The number of hydrogen-bond donors (Lipinski definition) is 2. The van der Waals surface area contributed by atoms with Crippen LogP contribution in [0.5, 0.6) is 17.5 Å². The molecule has 16 nitrogen and oxygen atoms in total. The van der Waals surface area contributed by atoms with Gasteiger partial charge >= 0.3 is 12.2 Å². The quantitative estimate of drug-likeness (QED) is 0.206. The van der Waals surface area contributed by atoms with Crippen molar-refractivity contribution >= 4 is 50.8 Å². The molecule has 0 radical (unpaired) electrons. The predicted molar refractivity (Wildman–Crippen MR) is 180 cm³/mol. The van der Waals surface area contributed by atoms with Crippen LogP contribution >= 0.6 is 11.5 Å². The Bertz CT molecular complexity index is 2270. The third-order valence-electron chi connectivity index (χ3n) is 7.32. The average Bonchev–Trinajstić information content (AvgIpc) is 3.60. The molecule has 1 aromatic carbocycles. The largest absolute Gasteiger partial charge is 0.481 e. The molecule has 2 N–H and O–H groups in total. The number of aromatic nitrogens is 5. The second-order valence-corrected chi connectivity index (χ2v) is 14.2. The molecule has 0 saturated carbocycles. The SMILES string of the molecule is C#CCN1C(=O)COc2cc(F)c(N=c3snc4n3CC(C)(C)C4)cc21.COc1cc(OC)nc(NC(=O)NS(=O)(=O)c2ncccc2C(F)(F)F)n1. The summed E-state index contributed by atoms with van der Waals surface area (Å²) in [6.45, 7) is 5.05. The maximum atomic E-state index is 14.5. The summed E-state index contributed by atoms with van der Waals surface area (Å²) in [6.07, 6.45) is 2.07. The van der Waals surface area contributed by atoms with Crippen molar-refractivity contribution in [2.75, 3.05) is 37.6 Å². The molecule has 0 aliphatic carbocycles. The van der Waals surface area contributed by atoms with Gasteiger partial charge in [-0.3, -0.25) is 15.0 Å². The second kappa shape index (κ2) is 15.0. The van der Waals surface area contributed by atoms with Crippen molar-refractivity contribution in [1.82, 2.24) is 28.6 Å². The molecular weight excluding hydrogens is 751 g/mol. The highest BCUT2D eigenvalue weighted by Crippen LogP contribution is 2.38. The lowest BCUT2D eigenvalue weighted by molar-refractivity contribution is -0.140. The van der Waals surface area contributed by atoms with E-state index in [1.807, 2.05) is 9.88 Å². The van der Waals surface area contributed by atoms with Gasteiger partial charge < -0.3 is 18.8 Å². The molecule has 5 heterocycles. The topological polar surface area (TPSA) is 192 Å². The number of terminal acetylenes is 1. The number of nitrogens with zero attached hydrogens (tertiary/aromatic N) is 7. The summed E-state index contributed by atoms with van der Waals surface area (Å²) in [6, 6.07) is 4.06. The van der Waals surface area contributed by atoms with Gasteiger partial charge in [0, 0.05) is 36.8 Å². The molecule has 0 atom stereocenters. The number of halogens is 4. The number of rotatable bonds is 7. The van der Waals surface area contributed by atoms with E-state index in [0.717, 1.165) is 31.1 Å². The summed E-state index contributed by atoms with van der Waals surface area (Å²) in [5.41, 5.74) is -0.845. The number of benzene rings is 1. The molecule has 0 bridgehead atoms. The zero-order valence-electron chi connectivity index (χ0n) is 28.2. The van der Waals surface area contributed by atoms with Gasteiger partial charge in [0.05, 0.1) is 38.1 Å². The Hall–Kier alpha value is -5.82. The van der Waals surface area contributed by atoms with Crippen LogP contribution in [0.25, 0.3) is 0 Å². The number of ether oxygens (including phenoxy) is 3. The van der Waals surface area contributed by atoms with E-state index in [1.54, 1.807) is 0 Å². The highest BCUT2D eigenvalue weighted by Gasteiger charge is 2.39. The Kier molecular flexibility index (Phi) is 10.9. The fourth-order valence-electron chi connectivity index (χ4n) is 5.03. The molecule has 2 aliphatic rings. The molecule has 0 fully saturated rings. The Balaban J connectivity index is 0.000000204. The number of carbonyl (C=O) groups excluding carboxylic acids is 2. The smallest absolute Gasteiger partial charge is 0.419 e. The summed E-state index contributed by atoms with van der Waals surface area (Å²) >= 11 is 1.24. The minimum Gasteiger partial charge on any atom is -0.481 e. The van der Waals surface area contributed by atoms with Gasteiger partial charge in [-0.05, 0) is 23.6 Å². The zero-order chi connectivity index (χ0) is 38.7. The Morgan fingerprint density at radius 3 is 2.53 bits per heavy atom. The predicted octanol–water partition coefficient (Wildman–Crippen LogP) is 3.68. The lowest BCUT2D eigenvalue weighted by atomic mass is 9.92. The first-order valence-electron chi connectivity index (χ1n) is 15.1. The molecule has 3 aromatic heterocycles. The van der Waals surface area contributed by atoms with Crippen molar-refractivity contribution in [3.63, 3.8) is 0 Å². The number of amides is 3. The van der Waals surface area contributed by atoms with E-state index < -0.39 is 44.6 Å². The second-order valence-electron chi connectivity index (χ2n) is 11.9. The van der Waals surface area contributed by atoms with Gasteiger partial charge in [-0.15, -0.1) is 6.42 Å². The number of alkyl halides is 3. The molecule has 0 spiro atoms.